The zero-order chi connectivity index (χ0) is 20.7. The minimum atomic E-state index is -0.640. The van der Waals surface area contributed by atoms with Crippen LogP contribution in [-0.2, 0) is 14.3 Å². The van der Waals surface area contributed by atoms with Crippen LogP contribution in [0.5, 0.6) is 11.5 Å². The molecule has 0 radical (unpaired) electrons. The zero-order valence-electron chi connectivity index (χ0n) is 16.4. The number of aryl methyl sites for hydroxylation is 1. The molecular formula is C21H24ClNO5. The van der Waals surface area contributed by atoms with E-state index in [1.165, 1.54) is 12.7 Å². The van der Waals surface area contributed by atoms with Gasteiger partial charge in [0.15, 0.2) is 13.2 Å². The molecule has 0 saturated heterocycles. The highest BCUT2D eigenvalue weighted by molar-refractivity contribution is 6.31. The van der Waals surface area contributed by atoms with Gasteiger partial charge < -0.3 is 19.5 Å². The highest BCUT2D eigenvalue weighted by atomic mass is 35.5. The van der Waals surface area contributed by atoms with Gasteiger partial charge in [0.1, 0.15) is 11.5 Å². The summed E-state index contributed by atoms with van der Waals surface area (Å²) in [5, 5.41) is 3.03. The van der Waals surface area contributed by atoms with Crippen LogP contribution in [-0.4, -0.2) is 32.2 Å². The molecule has 28 heavy (non-hydrogen) atoms. The van der Waals surface area contributed by atoms with E-state index in [9.17, 15) is 9.59 Å². The number of nitrogens with one attached hydrogen (secondary N) is 1. The molecule has 6 nitrogen and oxygen atoms in total. The number of ether oxygens (including phenoxy) is 3. The first kappa shape index (κ1) is 21.6. The second-order valence-electron chi connectivity index (χ2n) is 6.52. The Morgan fingerprint density at radius 3 is 2.50 bits per heavy atom. The number of carbonyl (C=O) groups excluding carboxylic acids is 2. The van der Waals surface area contributed by atoms with E-state index in [1.807, 2.05) is 25.1 Å². The van der Waals surface area contributed by atoms with Crippen molar-refractivity contribution >= 4 is 29.2 Å². The number of benzene rings is 2. The number of carbonyl (C=O) groups is 2. The smallest absolute Gasteiger partial charge is 0.344 e. The van der Waals surface area contributed by atoms with Crippen LogP contribution in [0.25, 0.3) is 0 Å². The van der Waals surface area contributed by atoms with Crippen LogP contribution in [0.15, 0.2) is 36.4 Å². The maximum Gasteiger partial charge on any atom is 0.344 e. The van der Waals surface area contributed by atoms with E-state index in [0.717, 1.165) is 5.56 Å². The molecule has 0 saturated carbocycles. The van der Waals surface area contributed by atoms with Crippen molar-refractivity contribution in [3.63, 3.8) is 0 Å². The molecule has 0 bridgehead atoms. The fraction of sp³-hybridized carbons (Fsp3) is 0.333. The van der Waals surface area contributed by atoms with Crippen LogP contribution in [0.1, 0.15) is 30.9 Å². The average Bonchev–Trinajstić information content (AvgIpc) is 2.64. The summed E-state index contributed by atoms with van der Waals surface area (Å²) in [6.07, 6.45) is 0. The van der Waals surface area contributed by atoms with Crippen molar-refractivity contribution in [1.29, 1.82) is 0 Å². The van der Waals surface area contributed by atoms with Gasteiger partial charge in [0.25, 0.3) is 5.91 Å². The van der Waals surface area contributed by atoms with Gasteiger partial charge in [-0.3, -0.25) is 4.79 Å². The van der Waals surface area contributed by atoms with Crippen LogP contribution in [0.3, 0.4) is 0 Å². The molecule has 1 amide bonds. The molecule has 0 aromatic heterocycles. The number of methoxy groups -OCH3 is 1. The van der Waals surface area contributed by atoms with E-state index >= 15 is 0 Å². The minimum absolute atomic E-state index is 0.284. The lowest BCUT2D eigenvalue weighted by atomic mass is 9.98. The maximum atomic E-state index is 12.0. The molecular weight excluding hydrogens is 382 g/mol. The van der Waals surface area contributed by atoms with Crippen molar-refractivity contribution in [3.05, 3.63) is 52.5 Å². The number of rotatable bonds is 8. The quantitative estimate of drug-likeness (QED) is 0.661. The van der Waals surface area contributed by atoms with E-state index in [-0.39, 0.29) is 6.61 Å². The van der Waals surface area contributed by atoms with Crippen LogP contribution >= 0.6 is 11.6 Å². The Hall–Kier alpha value is -2.73. The number of hydrogen-bond acceptors (Lipinski definition) is 5. The number of anilines is 1. The summed E-state index contributed by atoms with van der Waals surface area (Å²) >= 11 is 5.91. The molecule has 0 heterocycles. The molecule has 0 aliphatic heterocycles. The van der Waals surface area contributed by atoms with Crippen LogP contribution in [0.4, 0.5) is 5.69 Å². The third kappa shape index (κ3) is 6.16. The summed E-state index contributed by atoms with van der Waals surface area (Å²) < 4.78 is 15.5. The van der Waals surface area contributed by atoms with Crippen LogP contribution < -0.4 is 14.8 Å². The lowest BCUT2D eigenvalue weighted by Crippen LogP contribution is -2.23. The van der Waals surface area contributed by atoms with Gasteiger partial charge in [-0.05, 0) is 54.3 Å². The van der Waals surface area contributed by atoms with E-state index in [4.69, 9.17) is 25.8 Å². The molecule has 0 atom stereocenters. The third-order valence-electron chi connectivity index (χ3n) is 4.02. The Balaban J connectivity index is 1.82. The molecule has 2 aromatic carbocycles. The second-order valence-corrected chi connectivity index (χ2v) is 6.95. The Kier molecular flexibility index (Phi) is 7.70. The summed E-state index contributed by atoms with van der Waals surface area (Å²) in [7, 11) is 1.48. The fourth-order valence-corrected chi connectivity index (χ4v) is 2.85. The predicted octanol–water partition coefficient (Wildman–Crippen LogP) is 4.34. The SMILES string of the molecule is COc1ccc(Cl)cc1NC(=O)COC(=O)COc1ccc(C(C)C)c(C)c1. The largest absolute Gasteiger partial charge is 0.495 e. The molecule has 2 rings (SSSR count). The Bertz CT molecular complexity index is 851. The first-order chi connectivity index (χ1) is 13.3. The highest BCUT2D eigenvalue weighted by Crippen LogP contribution is 2.27. The lowest BCUT2D eigenvalue weighted by Gasteiger charge is -2.13. The third-order valence-corrected chi connectivity index (χ3v) is 4.25. The molecule has 0 unspecified atom stereocenters. The molecule has 1 N–H and O–H groups in total. The summed E-state index contributed by atoms with van der Waals surface area (Å²) in [5.41, 5.74) is 2.71. The summed E-state index contributed by atoms with van der Waals surface area (Å²) in [5.74, 6) is 0.292. The normalized spacial score (nSPS) is 10.5. The molecule has 7 heteroatoms. The van der Waals surface area contributed by atoms with Gasteiger partial charge in [0.05, 0.1) is 12.8 Å². The number of esters is 1. The Labute approximate surface area is 169 Å². The van der Waals surface area contributed by atoms with Gasteiger partial charge in [0, 0.05) is 5.02 Å². The predicted molar refractivity (Wildman–Crippen MR) is 108 cm³/mol. The Morgan fingerprint density at radius 2 is 1.86 bits per heavy atom. The van der Waals surface area contributed by atoms with Crippen molar-refractivity contribution in [2.24, 2.45) is 0 Å². The van der Waals surface area contributed by atoms with Crippen LogP contribution in [0, 0.1) is 6.92 Å². The van der Waals surface area contributed by atoms with Crippen molar-refractivity contribution in [2.75, 3.05) is 25.6 Å². The topological polar surface area (TPSA) is 73.9 Å². The molecule has 150 valence electrons. The first-order valence-corrected chi connectivity index (χ1v) is 9.20. The van der Waals surface area contributed by atoms with Crippen molar-refractivity contribution < 1.29 is 23.8 Å². The Morgan fingerprint density at radius 1 is 1.11 bits per heavy atom. The second kappa shape index (κ2) is 9.99. The average molecular weight is 406 g/mol. The van der Waals surface area contributed by atoms with Crippen molar-refractivity contribution in [2.45, 2.75) is 26.7 Å². The van der Waals surface area contributed by atoms with Gasteiger partial charge in [-0.2, -0.15) is 0 Å². The van der Waals surface area contributed by atoms with Gasteiger partial charge in [-0.15, -0.1) is 0 Å². The molecule has 2 aromatic rings. The monoisotopic (exact) mass is 405 g/mol. The maximum absolute atomic E-state index is 12.0. The van der Waals surface area contributed by atoms with Crippen molar-refractivity contribution in [3.8, 4) is 11.5 Å². The lowest BCUT2D eigenvalue weighted by molar-refractivity contribution is -0.149. The number of halogens is 1. The number of hydrogen-bond donors (Lipinski definition) is 1. The van der Waals surface area contributed by atoms with Gasteiger partial charge in [-0.25, -0.2) is 4.79 Å². The molecule has 0 aliphatic rings. The standard InChI is InChI=1S/C21H24ClNO5/c1-13(2)17-7-6-16(9-14(17)3)27-12-21(25)28-11-20(24)23-18-10-15(22)5-8-19(18)26-4/h5-10,13H,11-12H2,1-4H3,(H,23,24). The summed E-state index contributed by atoms with van der Waals surface area (Å²) in [6, 6.07) is 10.5. The van der Waals surface area contributed by atoms with E-state index in [1.54, 1.807) is 18.2 Å². The van der Waals surface area contributed by atoms with Crippen molar-refractivity contribution in [1.82, 2.24) is 0 Å². The fourth-order valence-electron chi connectivity index (χ4n) is 2.68. The number of amides is 1. The summed E-state index contributed by atoms with van der Waals surface area (Å²) in [4.78, 5) is 23.8. The van der Waals surface area contributed by atoms with Gasteiger partial charge in [0.2, 0.25) is 0 Å². The zero-order valence-corrected chi connectivity index (χ0v) is 17.1. The highest BCUT2D eigenvalue weighted by Gasteiger charge is 2.12. The molecule has 0 aliphatic carbocycles. The van der Waals surface area contributed by atoms with E-state index < -0.39 is 18.5 Å². The van der Waals surface area contributed by atoms with E-state index in [0.29, 0.717) is 28.1 Å². The van der Waals surface area contributed by atoms with Gasteiger partial charge >= 0.3 is 5.97 Å². The summed E-state index contributed by atoms with van der Waals surface area (Å²) in [6.45, 7) is 5.50. The van der Waals surface area contributed by atoms with Crippen LogP contribution in [0.2, 0.25) is 5.02 Å². The van der Waals surface area contributed by atoms with E-state index in [2.05, 4.69) is 19.2 Å². The first-order valence-electron chi connectivity index (χ1n) is 8.82. The van der Waals surface area contributed by atoms with Gasteiger partial charge in [-0.1, -0.05) is 31.5 Å². The molecule has 0 fully saturated rings. The molecule has 0 spiro atoms. The minimum Gasteiger partial charge on any atom is -0.495 e.